The number of nitrogens with two attached hydrogens (primary N) is 1. The molecule has 0 aromatic heterocycles. The molecule has 0 spiro atoms. The number of piperazine rings is 1. The Bertz CT molecular complexity index is 1480. The molecule has 2 aromatic rings. The van der Waals surface area contributed by atoms with Gasteiger partial charge in [-0.3, -0.25) is 19.3 Å². The maximum atomic E-state index is 15.0. The number of carboxylic acid groups (broad SMARTS) is 1. The first-order valence-corrected chi connectivity index (χ1v) is 13.2. The molecule has 1 unspecified atom stereocenters. The number of halogens is 2. The minimum atomic E-state index is -2.04. The van der Waals surface area contributed by atoms with Crippen molar-refractivity contribution in [2.24, 2.45) is 5.73 Å². The monoisotopic (exact) mass is 603 g/mol. The number of rotatable bonds is 8. The van der Waals surface area contributed by atoms with Gasteiger partial charge in [0.1, 0.15) is 11.8 Å². The van der Waals surface area contributed by atoms with Gasteiger partial charge in [-0.2, -0.15) is 4.39 Å². The zero-order valence-electron chi connectivity index (χ0n) is 22.8. The topological polar surface area (TPSA) is 212 Å². The Hall–Kier alpha value is -4.77. The third-order valence-electron chi connectivity index (χ3n) is 7.08. The van der Waals surface area contributed by atoms with Gasteiger partial charge in [0.05, 0.1) is 17.5 Å². The van der Waals surface area contributed by atoms with Gasteiger partial charge in [0, 0.05) is 18.7 Å². The van der Waals surface area contributed by atoms with Crippen molar-refractivity contribution in [1.29, 1.82) is 0 Å². The molecule has 4 rings (SSSR count). The highest BCUT2D eigenvalue weighted by atomic mass is 19.2. The Balaban J connectivity index is 1.61. The summed E-state index contributed by atoms with van der Waals surface area (Å²) in [6, 6.07) is 1.58. The van der Waals surface area contributed by atoms with Gasteiger partial charge in [-0.1, -0.05) is 12.1 Å². The summed E-state index contributed by atoms with van der Waals surface area (Å²) in [5, 5.41) is 34.0. The van der Waals surface area contributed by atoms with E-state index in [-0.39, 0.29) is 37.4 Å². The third kappa shape index (κ3) is 6.22. The van der Waals surface area contributed by atoms with Crippen LogP contribution in [0.1, 0.15) is 40.9 Å². The molecule has 14 nitrogen and oxygen atoms in total. The first-order chi connectivity index (χ1) is 20.3. The van der Waals surface area contributed by atoms with Crippen molar-refractivity contribution in [3.63, 3.8) is 0 Å². The lowest BCUT2D eigenvalue weighted by Gasteiger charge is -2.38. The number of fused-ring (bicyclic) bond motifs is 1. The fraction of sp³-hybridized carbons (Fsp3) is 0.346. The van der Waals surface area contributed by atoms with Gasteiger partial charge in [0.15, 0.2) is 11.6 Å². The van der Waals surface area contributed by atoms with Gasteiger partial charge in [0.25, 0.3) is 0 Å². The van der Waals surface area contributed by atoms with Gasteiger partial charge in [-0.25, -0.2) is 14.0 Å². The molecule has 43 heavy (non-hydrogen) atoms. The fourth-order valence-electron chi connectivity index (χ4n) is 4.93. The number of phenols is 1. The molecule has 228 valence electrons. The van der Waals surface area contributed by atoms with Crippen LogP contribution in [0.2, 0.25) is 0 Å². The number of para-hydroxylation sites is 1. The number of aromatic hydroxyl groups is 1. The molecule has 2 aromatic carbocycles. The highest BCUT2D eigenvalue weighted by Gasteiger charge is 2.43. The highest BCUT2D eigenvalue weighted by molar-refractivity contribution is 6.47. The second-order valence-electron chi connectivity index (χ2n) is 10.0. The summed E-state index contributed by atoms with van der Waals surface area (Å²) in [5.41, 5.74) is 4.80. The van der Waals surface area contributed by atoms with E-state index >= 15 is 0 Å². The van der Waals surface area contributed by atoms with Crippen molar-refractivity contribution in [2.45, 2.75) is 37.8 Å². The van der Waals surface area contributed by atoms with Crippen LogP contribution >= 0.6 is 0 Å². The number of carbonyl (C=O) groups is 5. The number of imide groups is 1. The molecule has 2 heterocycles. The standard InChI is InChI=1S/C26H28BF2N5O9/c1-12-11-33(9-3-8-30)23(37)24(38)34(12)26(41)32-20(14-6-7-16(35)19(29)18(14)28)22(36)31-17-10-13-4-2-5-15(25(39)40)21(13)43-27(17)42/h2,4-7,12,17,20,35,42H,3,8-11,30H2,1H3,(H,31,36)(H,32,41)(H,39,40)/t12-,17-,20?/m0/s1. The Morgan fingerprint density at radius 1 is 1.16 bits per heavy atom. The Morgan fingerprint density at radius 3 is 2.56 bits per heavy atom. The van der Waals surface area contributed by atoms with E-state index in [0.29, 0.717) is 16.9 Å². The van der Waals surface area contributed by atoms with Crippen LogP contribution in [0.3, 0.4) is 0 Å². The summed E-state index contributed by atoms with van der Waals surface area (Å²) < 4.78 is 34.6. The van der Waals surface area contributed by atoms with Crippen molar-refractivity contribution in [2.75, 3.05) is 19.6 Å². The molecule has 1 fully saturated rings. The Morgan fingerprint density at radius 2 is 1.88 bits per heavy atom. The third-order valence-corrected chi connectivity index (χ3v) is 7.08. The van der Waals surface area contributed by atoms with Crippen LogP contribution in [0, 0.1) is 11.6 Å². The number of nitrogens with one attached hydrogen (secondary N) is 2. The van der Waals surface area contributed by atoms with E-state index in [1.54, 1.807) is 0 Å². The molecule has 5 amide bonds. The number of benzene rings is 2. The molecule has 17 heteroatoms. The van der Waals surface area contributed by atoms with Crippen LogP contribution in [-0.4, -0.2) is 93.5 Å². The van der Waals surface area contributed by atoms with Crippen LogP contribution < -0.4 is 21.0 Å². The Labute approximate surface area is 243 Å². The lowest BCUT2D eigenvalue weighted by molar-refractivity contribution is -0.156. The molecule has 2 aliphatic heterocycles. The molecule has 1 saturated heterocycles. The highest BCUT2D eigenvalue weighted by Crippen LogP contribution is 2.31. The second-order valence-corrected chi connectivity index (χ2v) is 10.0. The van der Waals surface area contributed by atoms with Crippen molar-refractivity contribution < 1.29 is 52.6 Å². The quantitative estimate of drug-likeness (QED) is 0.171. The predicted molar refractivity (Wildman–Crippen MR) is 143 cm³/mol. The number of nitrogens with zero attached hydrogens (tertiary/aromatic N) is 2. The van der Waals surface area contributed by atoms with Crippen molar-refractivity contribution in [1.82, 2.24) is 20.4 Å². The SMILES string of the molecule is C[C@H]1CN(CCCN)C(=O)C(=O)N1C(=O)NC(C(=O)N[C@H]1Cc2cccc(C(=O)O)c2OB1O)c1ccc(O)c(F)c1F. The van der Waals surface area contributed by atoms with E-state index in [1.807, 2.05) is 0 Å². The van der Waals surface area contributed by atoms with Crippen molar-refractivity contribution in [3.8, 4) is 11.5 Å². The average Bonchev–Trinajstić information content (AvgIpc) is 2.96. The van der Waals surface area contributed by atoms with Gasteiger partial charge in [-0.05, 0) is 50.1 Å². The summed E-state index contributed by atoms with van der Waals surface area (Å²) in [5.74, 6) is -10.5. The number of amides is 5. The van der Waals surface area contributed by atoms with E-state index in [0.717, 1.165) is 12.1 Å². The fourth-order valence-corrected chi connectivity index (χ4v) is 4.93. The van der Waals surface area contributed by atoms with E-state index in [9.17, 15) is 48.0 Å². The lowest BCUT2D eigenvalue weighted by Crippen LogP contribution is -2.63. The first kappa shape index (κ1) is 31.2. The molecule has 3 atom stereocenters. The summed E-state index contributed by atoms with van der Waals surface area (Å²) in [7, 11) is -1.78. The van der Waals surface area contributed by atoms with Crippen LogP contribution in [0.5, 0.6) is 11.5 Å². The predicted octanol–water partition coefficient (Wildman–Crippen LogP) is -0.333. The van der Waals surface area contributed by atoms with E-state index in [2.05, 4.69) is 10.6 Å². The minimum absolute atomic E-state index is 0.0413. The molecule has 0 aliphatic carbocycles. The molecule has 7 N–H and O–H groups in total. The van der Waals surface area contributed by atoms with Crippen LogP contribution in [0.4, 0.5) is 13.6 Å². The van der Waals surface area contributed by atoms with Crippen molar-refractivity contribution in [3.05, 3.63) is 58.7 Å². The summed E-state index contributed by atoms with van der Waals surface area (Å²) in [6.45, 7) is 1.86. The lowest BCUT2D eigenvalue weighted by atomic mass is 9.72. The van der Waals surface area contributed by atoms with Crippen molar-refractivity contribution >= 4 is 36.8 Å². The minimum Gasteiger partial charge on any atom is -0.534 e. The van der Waals surface area contributed by atoms with Gasteiger partial charge in [-0.15, -0.1) is 0 Å². The van der Waals surface area contributed by atoms with E-state index in [4.69, 9.17) is 10.4 Å². The molecular formula is C26H28BF2N5O9. The number of carbonyl (C=O) groups excluding carboxylic acids is 4. The van der Waals surface area contributed by atoms with E-state index < -0.39 is 77.8 Å². The molecule has 0 radical (unpaired) electrons. The Kier molecular flexibility index (Phi) is 9.15. The number of hydrogen-bond donors (Lipinski definition) is 6. The molecular weight excluding hydrogens is 575 g/mol. The zero-order valence-corrected chi connectivity index (χ0v) is 22.8. The van der Waals surface area contributed by atoms with Crippen LogP contribution in [0.25, 0.3) is 0 Å². The average molecular weight is 603 g/mol. The smallest absolute Gasteiger partial charge is 0.534 e. The summed E-state index contributed by atoms with van der Waals surface area (Å²) in [6.07, 6.45) is 0.260. The molecule has 0 saturated carbocycles. The summed E-state index contributed by atoms with van der Waals surface area (Å²) >= 11 is 0. The van der Waals surface area contributed by atoms with Crippen LogP contribution in [0.15, 0.2) is 30.3 Å². The normalized spacial score (nSPS) is 19.0. The van der Waals surface area contributed by atoms with E-state index in [1.165, 1.54) is 30.0 Å². The first-order valence-electron chi connectivity index (χ1n) is 13.2. The maximum Gasteiger partial charge on any atom is 0.547 e. The second kappa shape index (κ2) is 12.6. The summed E-state index contributed by atoms with van der Waals surface area (Å²) in [4.78, 5) is 65.5. The number of phenolic OH excluding ortho intramolecular Hbond substituents is 1. The maximum absolute atomic E-state index is 15.0. The van der Waals surface area contributed by atoms with Gasteiger partial charge in [0.2, 0.25) is 11.7 Å². The molecule has 0 bridgehead atoms. The number of urea groups is 1. The number of hydrogen-bond acceptors (Lipinski definition) is 9. The largest absolute Gasteiger partial charge is 0.547 e. The number of carboxylic acids is 1. The zero-order chi connectivity index (χ0) is 31.6. The van der Waals surface area contributed by atoms with Crippen LogP contribution in [-0.2, 0) is 20.8 Å². The van der Waals surface area contributed by atoms with Gasteiger partial charge < -0.3 is 41.2 Å². The molecule has 2 aliphatic rings. The number of aromatic carboxylic acids is 1. The van der Waals surface area contributed by atoms with Gasteiger partial charge >= 0.3 is 30.9 Å².